The predicted octanol–water partition coefficient (Wildman–Crippen LogP) is 13.9. The zero-order chi connectivity index (χ0) is 32.8. The average molecular weight is 652 g/mol. The number of aromatic nitrogens is 1. The second-order valence-corrected chi connectivity index (χ2v) is 14.3. The standard InChI is InChI=1S/C48H29NS/c1-2-13-37-35(11-1)36-12-3-4-14-38(36)44-29-31(25-28-39(37)44)34-18-10-20-43-42-19-9-17-33(47(42)50-48(34)43)30-23-26-32(27-24-30)49-45-21-7-5-15-40(45)41-16-6-8-22-46(41)49/h1-29H. The van der Waals surface area contributed by atoms with Gasteiger partial charge in [-0.1, -0.05) is 146 Å². The Morgan fingerprint density at radius 1 is 0.300 bits per heavy atom. The monoisotopic (exact) mass is 651 g/mol. The van der Waals surface area contributed by atoms with Crippen molar-refractivity contribution in [3.05, 3.63) is 176 Å². The van der Waals surface area contributed by atoms with Crippen LogP contribution in [0.5, 0.6) is 0 Å². The van der Waals surface area contributed by atoms with Gasteiger partial charge in [0.1, 0.15) is 0 Å². The summed E-state index contributed by atoms with van der Waals surface area (Å²) in [5.41, 5.74) is 8.69. The molecule has 9 aromatic carbocycles. The second-order valence-electron chi connectivity index (χ2n) is 13.2. The predicted molar refractivity (Wildman–Crippen MR) is 217 cm³/mol. The van der Waals surface area contributed by atoms with Crippen LogP contribution in [0.4, 0.5) is 0 Å². The molecule has 0 unspecified atom stereocenters. The highest BCUT2D eigenvalue weighted by Crippen LogP contribution is 2.45. The summed E-state index contributed by atoms with van der Waals surface area (Å²) in [6.07, 6.45) is 0. The number of hydrogen-bond donors (Lipinski definition) is 0. The Bertz CT molecular complexity index is 3050. The van der Waals surface area contributed by atoms with Crippen LogP contribution in [0.1, 0.15) is 0 Å². The second kappa shape index (κ2) is 10.6. The number of para-hydroxylation sites is 2. The van der Waals surface area contributed by atoms with E-state index < -0.39 is 0 Å². The first-order valence-electron chi connectivity index (χ1n) is 17.2. The summed E-state index contributed by atoms with van der Waals surface area (Å²) in [6.45, 7) is 0. The zero-order valence-corrected chi connectivity index (χ0v) is 27.9. The van der Waals surface area contributed by atoms with Crippen LogP contribution in [0.25, 0.3) is 102 Å². The van der Waals surface area contributed by atoms with Crippen LogP contribution in [0, 0.1) is 0 Å². The van der Waals surface area contributed by atoms with Crippen molar-refractivity contribution < 1.29 is 0 Å². The molecule has 0 bridgehead atoms. The Balaban J connectivity index is 1.07. The molecule has 0 amide bonds. The molecule has 2 heterocycles. The topological polar surface area (TPSA) is 4.93 Å². The molecular weight excluding hydrogens is 623 g/mol. The molecule has 0 aliphatic heterocycles. The molecule has 0 atom stereocenters. The zero-order valence-electron chi connectivity index (χ0n) is 27.1. The minimum Gasteiger partial charge on any atom is -0.309 e. The fraction of sp³-hybridized carbons (Fsp3) is 0. The molecule has 0 N–H and O–H groups in total. The van der Waals surface area contributed by atoms with Crippen LogP contribution in [0.15, 0.2) is 176 Å². The molecular formula is C48H29NS. The van der Waals surface area contributed by atoms with Gasteiger partial charge in [0.2, 0.25) is 0 Å². The third kappa shape index (κ3) is 3.94. The van der Waals surface area contributed by atoms with E-state index in [-0.39, 0.29) is 0 Å². The van der Waals surface area contributed by atoms with Gasteiger partial charge in [0.15, 0.2) is 0 Å². The third-order valence-electron chi connectivity index (χ3n) is 10.6. The average Bonchev–Trinajstić information content (AvgIpc) is 3.74. The van der Waals surface area contributed by atoms with Crippen molar-refractivity contribution in [2.45, 2.75) is 0 Å². The summed E-state index contributed by atoms with van der Waals surface area (Å²) in [6, 6.07) is 64.8. The van der Waals surface area contributed by atoms with Gasteiger partial charge in [-0.3, -0.25) is 0 Å². The lowest BCUT2D eigenvalue weighted by molar-refractivity contribution is 1.18. The highest BCUT2D eigenvalue weighted by atomic mass is 32.1. The molecule has 11 rings (SSSR count). The number of fused-ring (bicyclic) bond motifs is 12. The Morgan fingerprint density at radius 3 is 1.28 bits per heavy atom. The van der Waals surface area contributed by atoms with Gasteiger partial charge in [-0.15, -0.1) is 11.3 Å². The van der Waals surface area contributed by atoms with Crippen LogP contribution in [-0.2, 0) is 0 Å². The molecule has 2 aromatic heterocycles. The lowest BCUT2D eigenvalue weighted by atomic mass is 9.92. The number of hydrogen-bond acceptors (Lipinski definition) is 1. The van der Waals surface area contributed by atoms with Crippen molar-refractivity contribution in [1.29, 1.82) is 0 Å². The molecule has 0 saturated heterocycles. The molecule has 0 radical (unpaired) electrons. The molecule has 0 fully saturated rings. The van der Waals surface area contributed by atoms with Crippen LogP contribution in [0.2, 0.25) is 0 Å². The van der Waals surface area contributed by atoms with Crippen molar-refractivity contribution in [2.24, 2.45) is 0 Å². The highest BCUT2D eigenvalue weighted by Gasteiger charge is 2.16. The Kier molecular flexibility index (Phi) is 5.89. The SMILES string of the molecule is c1cc(-c2ccc(-n3c4ccccc4c4ccccc43)cc2)c2sc3c(-c4ccc5c6ccccc6c6ccccc6c5c4)cccc3c2c1. The molecule has 50 heavy (non-hydrogen) atoms. The lowest BCUT2D eigenvalue weighted by Crippen LogP contribution is -1.93. The highest BCUT2D eigenvalue weighted by molar-refractivity contribution is 7.26. The largest absolute Gasteiger partial charge is 0.309 e. The minimum atomic E-state index is 1.17. The summed E-state index contributed by atoms with van der Waals surface area (Å²) in [5.74, 6) is 0. The molecule has 0 aliphatic carbocycles. The summed E-state index contributed by atoms with van der Waals surface area (Å²) in [7, 11) is 0. The van der Waals surface area contributed by atoms with Crippen molar-refractivity contribution in [3.63, 3.8) is 0 Å². The van der Waals surface area contributed by atoms with Gasteiger partial charge in [-0.05, 0) is 84.9 Å². The van der Waals surface area contributed by atoms with Crippen LogP contribution < -0.4 is 0 Å². The van der Waals surface area contributed by atoms with Gasteiger partial charge in [0.25, 0.3) is 0 Å². The maximum absolute atomic E-state index is 2.41. The van der Waals surface area contributed by atoms with Crippen LogP contribution >= 0.6 is 11.3 Å². The molecule has 232 valence electrons. The van der Waals surface area contributed by atoms with E-state index in [1.165, 1.54) is 102 Å². The summed E-state index contributed by atoms with van der Waals surface area (Å²) >= 11 is 1.92. The van der Waals surface area contributed by atoms with Gasteiger partial charge < -0.3 is 4.57 Å². The molecule has 0 aliphatic rings. The number of rotatable bonds is 3. The van der Waals surface area contributed by atoms with Crippen LogP contribution in [-0.4, -0.2) is 4.57 Å². The summed E-state index contributed by atoms with van der Waals surface area (Å²) < 4.78 is 5.05. The Labute approximate surface area is 292 Å². The first-order chi connectivity index (χ1) is 24.8. The van der Waals surface area contributed by atoms with E-state index in [1.807, 2.05) is 11.3 Å². The molecule has 2 heteroatoms. The van der Waals surface area contributed by atoms with Crippen molar-refractivity contribution in [3.8, 4) is 27.9 Å². The minimum absolute atomic E-state index is 1.17. The van der Waals surface area contributed by atoms with Crippen molar-refractivity contribution in [2.75, 3.05) is 0 Å². The molecule has 0 saturated carbocycles. The van der Waals surface area contributed by atoms with E-state index in [0.717, 1.165) is 0 Å². The van der Waals surface area contributed by atoms with E-state index in [4.69, 9.17) is 0 Å². The maximum atomic E-state index is 2.41. The normalized spacial score (nSPS) is 12.0. The smallest absolute Gasteiger partial charge is 0.0541 e. The van der Waals surface area contributed by atoms with Crippen LogP contribution in [0.3, 0.4) is 0 Å². The van der Waals surface area contributed by atoms with Gasteiger partial charge in [-0.2, -0.15) is 0 Å². The van der Waals surface area contributed by atoms with E-state index in [0.29, 0.717) is 0 Å². The van der Waals surface area contributed by atoms with Crippen molar-refractivity contribution in [1.82, 2.24) is 4.57 Å². The van der Waals surface area contributed by atoms with Gasteiger partial charge in [-0.25, -0.2) is 0 Å². The van der Waals surface area contributed by atoms with E-state index in [1.54, 1.807) is 0 Å². The lowest BCUT2D eigenvalue weighted by Gasteiger charge is -2.12. The van der Waals surface area contributed by atoms with E-state index in [2.05, 4.69) is 180 Å². The summed E-state index contributed by atoms with van der Waals surface area (Å²) in [4.78, 5) is 0. The molecule has 1 nitrogen and oxygen atoms in total. The fourth-order valence-electron chi connectivity index (χ4n) is 8.34. The Morgan fingerprint density at radius 2 is 0.720 bits per heavy atom. The fourth-order valence-corrected chi connectivity index (χ4v) is 9.71. The third-order valence-corrected chi connectivity index (χ3v) is 11.9. The summed E-state index contributed by atoms with van der Waals surface area (Å²) in [5, 5.41) is 13.0. The first-order valence-corrected chi connectivity index (χ1v) is 18.0. The molecule has 11 aromatic rings. The quantitative estimate of drug-likeness (QED) is 0.168. The first kappa shape index (κ1) is 27.7. The van der Waals surface area contributed by atoms with Gasteiger partial charge in [0, 0.05) is 36.6 Å². The number of thiophene rings is 1. The Hall–Kier alpha value is -6.22. The van der Waals surface area contributed by atoms with Gasteiger partial charge >= 0.3 is 0 Å². The van der Waals surface area contributed by atoms with E-state index >= 15 is 0 Å². The van der Waals surface area contributed by atoms with Crippen molar-refractivity contribution >= 4 is 85.6 Å². The number of benzene rings is 9. The number of nitrogens with zero attached hydrogens (tertiary/aromatic N) is 1. The van der Waals surface area contributed by atoms with Gasteiger partial charge in [0.05, 0.1) is 11.0 Å². The molecule has 0 spiro atoms. The maximum Gasteiger partial charge on any atom is 0.0541 e. The van der Waals surface area contributed by atoms with E-state index in [9.17, 15) is 0 Å².